The molecule has 0 N–H and O–H groups in total. The first-order valence-electron chi connectivity index (χ1n) is 12.9. The van der Waals surface area contributed by atoms with Crippen LogP contribution in [0, 0.1) is 18.8 Å². The van der Waals surface area contributed by atoms with Crippen LogP contribution in [0.4, 0.5) is 4.79 Å². The highest BCUT2D eigenvalue weighted by Gasteiger charge is 2.27. The van der Waals surface area contributed by atoms with Crippen molar-refractivity contribution in [1.29, 1.82) is 0 Å². The molecule has 3 aromatic carbocycles. The molecule has 0 fully saturated rings. The number of hydrogen-bond donors (Lipinski definition) is 0. The summed E-state index contributed by atoms with van der Waals surface area (Å²) in [5.74, 6) is -0.491. The molecular formula is C31H39NO4. The average Bonchev–Trinajstić information content (AvgIpc) is 2.85. The second-order valence-electron chi connectivity index (χ2n) is 9.95. The zero-order valence-corrected chi connectivity index (χ0v) is 22.4. The summed E-state index contributed by atoms with van der Waals surface area (Å²) in [6.07, 6.45) is 0.179. The average molecular weight is 490 g/mol. The highest BCUT2D eigenvalue weighted by molar-refractivity contribution is 5.86. The molecule has 0 heterocycles. The molecule has 0 saturated carbocycles. The topological polar surface area (TPSA) is 55.8 Å². The van der Waals surface area contributed by atoms with Gasteiger partial charge in [0, 0.05) is 13.5 Å². The number of esters is 1. The number of carbonyl (C=O) groups is 2. The van der Waals surface area contributed by atoms with E-state index in [1.165, 1.54) is 11.1 Å². The maximum atomic E-state index is 13.4. The van der Waals surface area contributed by atoms with E-state index in [4.69, 9.17) is 9.47 Å². The third-order valence-electron chi connectivity index (χ3n) is 6.84. The van der Waals surface area contributed by atoms with Crippen molar-refractivity contribution in [3.05, 3.63) is 83.4 Å². The molecule has 0 aromatic heterocycles. The van der Waals surface area contributed by atoms with E-state index in [-0.39, 0.29) is 23.8 Å². The summed E-state index contributed by atoms with van der Waals surface area (Å²) in [7, 11) is 0. The fraction of sp³-hybridized carbons (Fsp3) is 0.419. The van der Waals surface area contributed by atoms with Crippen molar-refractivity contribution in [3.8, 4) is 0 Å². The Morgan fingerprint density at radius 1 is 0.861 bits per heavy atom. The second-order valence-corrected chi connectivity index (χ2v) is 9.95. The van der Waals surface area contributed by atoms with Crippen molar-refractivity contribution in [2.45, 2.75) is 66.7 Å². The van der Waals surface area contributed by atoms with Gasteiger partial charge in [0.15, 0.2) is 0 Å². The van der Waals surface area contributed by atoms with Gasteiger partial charge in [-0.2, -0.15) is 0 Å². The highest BCUT2D eigenvalue weighted by atomic mass is 16.7. The number of ether oxygens (including phenoxy) is 2. The number of nitrogens with zero attached hydrogens (tertiary/aromatic N) is 1. The third kappa shape index (κ3) is 7.09. The summed E-state index contributed by atoms with van der Waals surface area (Å²) in [4.78, 5) is 27.5. The quantitative estimate of drug-likeness (QED) is 0.219. The lowest BCUT2D eigenvalue weighted by Crippen LogP contribution is -2.38. The van der Waals surface area contributed by atoms with Gasteiger partial charge in [-0.1, -0.05) is 93.1 Å². The van der Waals surface area contributed by atoms with Crippen LogP contribution in [-0.2, 0) is 20.7 Å². The molecule has 192 valence electrons. The van der Waals surface area contributed by atoms with Crippen LogP contribution in [0.25, 0.3) is 10.8 Å². The van der Waals surface area contributed by atoms with Crippen molar-refractivity contribution in [3.63, 3.8) is 0 Å². The van der Waals surface area contributed by atoms with Crippen LogP contribution < -0.4 is 0 Å². The molecule has 0 aliphatic heterocycles. The zero-order chi connectivity index (χ0) is 26.2. The van der Waals surface area contributed by atoms with Gasteiger partial charge in [-0.15, -0.1) is 0 Å². The fourth-order valence-electron chi connectivity index (χ4n) is 4.32. The lowest BCUT2D eigenvalue weighted by atomic mass is 9.98. The lowest BCUT2D eigenvalue weighted by Gasteiger charge is -2.31. The number of hydrogen-bond acceptors (Lipinski definition) is 4. The van der Waals surface area contributed by atoms with Gasteiger partial charge in [0.25, 0.3) is 0 Å². The standard InChI is InChI=1S/C31H39NO4/c1-21(2)23(4)30(33)35-25(6)36-31(34)32(19-11-14-26-13-9-12-22(3)20-26)24(5)28-18-10-16-27-15-7-8-17-29(27)28/h7-10,12-13,15-18,20-21,23-25H,11,14,19H2,1-6H3/t23?,24-,25?/m1/s1. The molecule has 0 spiro atoms. The summed E-state index contributed by atoms with van der Waals surface area (Å²) < 4.78 is 11.1. The van der Waals surface area contributed by atoms with Gasteiger partial charge >= 0.3 is 12.1 Å². The molecule has 0 radical (unpaired) electrons. The Bertz CT molecular complexity index is 1170. The van der Waals surface area contributed by atoms with E-state index in [1.54, 1.807) is 11.8 Å². The molecule has 0 saturated heterocycles. The Morgan fingerprint density at radius 2 is 1.56 bits per heavy atom. The first kappa shape index (κ1) is 27.3. The maximum Gasteiger partial charge on any atom is 0.413 e. The van der Waals surface area contributed by atoms with Crippen LogP contribution in [0.5, 0.6) is 0 Å². The number of aryl methyl sites for hydroxylation is 2. The monoisotopic (exact) mass is 489 g/mol. The highest BCUT2D eigenvalue weighted by Crippen LogP contribution is 2.29. The van der Waals surface area contributed by atoms with Crippen molar-refractivity contribution in [2.24, 2.45) is 11.8 Å². The summed E-state index contributed by atoms with van der Waals surface area (Å²) in [5.41, 5.74) is 3.52. The first-order chi connectivity index (χ1) is 17.2. The third-order valence-corrected chi connectivity index (χ3v) is 6.84. The minimum atomic E-state index is -0.967. The number of rotatable bonds is 10. The molecule has 5 nitrogen and oxygen atoms in total. The van der Waals surface area contributed by atoms with E-state index in [2.05, 4.69) is 55.5 Å². The van der Waals surface area contributed by atoms with E-state index in [0.717, 1.165) is 29.2 Å². The summed E-state index contributed by atoms with van der Waals surface area (Å²) in [6, 6.07) is 22.5. The maximum absolute atomic E-state index is 13.4. The molecule has 36 heavy (non-hydrogen) atoms. The molecule has 0 aliphatic rings. The SMILES string of the molecule is Cc1cccc(CCCN(C(=O)OC(C)OC(=O)C(C)C(C)C)[C@H](C)c2cccc3ccccc23)c1. The Hall–Kier alpha value is -3.34. The van der Waals surface area contributed by atoms with Gasteiger partial charge in [0.1, 0.15) is 0 Å². The van der Waals surface area contributed by atoms with Gasteiger partial charge in [-0.05, 0) is 54.5 Å². The molecule has 5 heteroatoms. The van der Waals surface area contributed by atoms with Crippen LogP contribution in [0.2, 0.25) is 0 Å². The number of fused-ring (bicyclic) bond motifs is 1. The minimum Gasteiger partial charge on any atom is -0.425 e. The van der Waals surface area contributed by atoms with E-state index in [1.807, 2.05) is 45.9 Å². The van der Waals surface area contributed by atoms with Gasteiger partial charge in [0.2, 0.25) is 6.29 Å². The smallest absolute Gasteiger partial charge is 0.413 e. The van der Waals surface area contributed by atoms with Gasteiger partial charge in [-0.25, -0.2) is 4.79 Å². The Labute approximate surface area is 215 Å². The number of benzene rings is 3. The molecule has 3 atom stereocenters. The van der Waals surface area contributed by atoms with Crippen molar-refractivity contribution in [1.82, 2.24) is 4.90 Å². The van der Waals surface area contributed by atoms with Gasteiger partial charge < -0.3 is 14.4 Å². The molecule has 3 aromatic rings. The molecular weight excluding hydrogens is 450 g/mol. The molecule has 2 unspecified atom stereocenters. The van der Waals surface area contributed by atoms with Crippen LogP contribution in [-0.4, -0.2) is 29.8 Å². The van der Waals surface area contributed by atoms with E-state index >= 15 is 0 Å². The minimum absolute atomic E-state index is 0.143. The second kappa shape index (κ2) is 12.6. The zero-order valence-electron chi connectivity index (χ0n) is 22.4. The van der Waals surface area contributed by atoms with Crippen molar-refractivity contribution in [2.75, 3.05) is 6.54 Å². The van der Waals surface area contributed by atoms with Crippen molar-refractivity contribution >= 4 is 22.8 Å². The van der Waals surface area contributed by atoms with Crippen molar-refractivity contribution < 1.29 is 19.1 Å². The normalized spacial score (nSPS) is 13.8. The molecule has 0 aliphatic carbocycles. The largest absolute Gasteiger partial charge is 0.425 e. The molecule has 0 bridgehead atoms. The predicted molar refractivity (Wildman–Crippen MR) is 145 cm³/mol. The Morgan fingerprint density at radius 3 is 2.28 bits per heavy atom. The Kier molecular flexibility index (Phi) is 9.51. The summed E-state index contributed by atoms with van der Waals surface area (Å²) in [5, 5.41) is 2.23. The van der Waals surface area contributed by atoms with E-state index < -0.39 is 12.4 Å². The molecule has 1 amide bonds. The van der Waals surface area contributed by atoms with E-state index in [0.29, 0.717) is 6.54 Å². The van der Waals surface area contributed by atoms with Crippen LogP contribution in [0.3, 0.4) is 0 Å². The predicted octanol–water partition coefficient (Wildman–Crippen LogP) is 7.46. The van der Waals surface area contributed by atoms with Crippen LogP contribution in [0.1, 0.15) is 63.8 Å². The van der Waals surface area contributed by atoms with Gasteiger partial charge in [-0.3, -0.25) is 4.79 Å². The fourth-order valence-corrected chi connectivity index (χ4v) is 4.32. The number of carbonyl (C=O) groups excluding carboxylic acids is 2. The van der Waals surface area contributed by atoms with Crippen LogP contribution >= 0.6 is 0 Å². The summed E-state index contributed by atoms with van der Waals surface area (Å²) in [6.45, 7) is 12.0. The first-order valence-corrected chi connectivity index (χ1v) is 12.9. The van der Waals surface area contributed by atoms with E-state index in [9.17, 15) is 9.59 Å². The Balaban J connectivity index is 1.78. The molecule has 3 rings (SSSR count). The van der Waals surface area contributed by atoms with Gasteiger partial charge in [0.05, 0.1) is 12.0 Å². The number of amides is 1. The summed E-state index contributed by atoms with van der Waals surface area (Å²) >= 11 is 0. The lowest BCUT2D eigenvalue weighted by molar-refractivity contribution is -0.172. The van der Waals surface area contributed by atoms with Crippen LogP contribution in [0.15, 0.2) is 66.7 Å².